The maximum absolute atomic E-state index is 14.3. The summed E-state index contributed by atoms with van der Waals surface area (Å²) in [6.45, 7) is 2.39. The summed E-state index contributed by atoms with van der Waals surface area (Å²) in [7, 11) is 0. The van der Waals surface area contributed by atoms with Gasteiger partial charge in [-0.25, -0.2) is 4.39 Å². The molecule has 1 aliphatic rings. The Kier molecular flexibility index (Phi) is 3.76. The minimum Gasteiger partial charge on any atom is -0.389 e. The van der Waals surface area contributed by atoms with Crippen LogP contribution in [0.3, 0.4) is 0 Å². The first-order valence-corrected chi connectivity index (χ1v) is 7.85. The van der Waals surface area contributed by atoms with Gasteiger partial charge in [0.05, 0.1) is 11.8 Å². The SMILES string of the molecule is C[C@@H](O)c1cccc(F)c1N(Cc1ccsc1)C1CC1. The smallest absolute Gasteiger partial charge is 0.146 e. The van der Waals surface area contributed by atoms with E-state index < -0.39 is 6.10 Å². The predicted molar refractivity (Wildman–Crippen MR) is 80.6 cm³/mol. The van der Waals surface area contributed by atoms with Crippen molar-refractivity contribution in [2.24, 2.45) is 0 Å². The Morgan fingerprint density at radius 2 is 2.20 bits per heavy atom. The maximum atomic E-state index is 14.3. The molecule has 1 aromatic carbocycles. The van der Waals surface area contributed by atoms with Gasteiger partial charge in [0.15, 0.2) is 0 Å². The monoisotopic (exact) mass is 291 g/mol. The van der Waals surface area contributed by atoms with E-state index in [4.69, 9.17) is 0 Å². The lowest BCUT2D eigenvalue weighted by Gasteiger charge is -2.28. The van der Waals surface area contributed by atoms with Gasteiger partial charge < -0.3 is 10.0 Å². The van der Waals surface area contributed by atoms with E-state index in [-0.39, 0.29) is 5.82 Å². The average molecular weight is 291 g/mol. The van der Waals surface area contributed by atoms with Crippen molar-refractivity contribution in [1.29, 1.82) is 0 Å². The molecule has 3 rings (SSSR count). The van der Waals surface area contributed by atoms with Crippen molar-refractivity contribution >= 4 is 17.0 Å². The summed E-state index contributed by atoms with van der Waals surface area (Å²) in [5.41, 5.74) is 2.44. The largest absolute Gasteiger partial charge is 0.389 e. The molecule has 1 heterocycles. The third-order valence-corrected chi connectivity index (χ3v) is 4.41. The number of benzene rings is 1. The van der Waals surface area contributed by atoms with E-state index in [9.17, 15) is 9.50 Å². The van der Waals surface area contributed by atoms with Gasteiger partial charge in [-0.1, -0.05) is 12.1 Å². The Morgan fingerprint density at radius 1 is 1.40 bits per heavy atom. The molecule has 0 unspecified atom stereocenters. The lowest BCUT2D eigenvalue weighted by Crippen LogP contribution is -2.27. The van der Waals surface area contributed by atoms with E-state index in [0.29, 0.717) is 23.8 Å². The van der Waals surface area contributed by atoms with Crippen LogP contribution in [0.25, 0.3) is 0 Å². The van der Waals surface area contributed by atoms with Crippen LogP contribution in [-0.2, 0) is 6.54 Å². The zero-order valence-corrected chi connectivity index (χ0v) is 12.2. The number of aliphatic hydroxyl groups excluding tert-OH is 1. The molecule has 0 radical (unpaired) electrons. The van der Waals surface area contributed by atoms with Crippen LogP contribution in [0, 0.1) is 5.82 Å². The lowest BCUT2D eigenvalue weighted by atomic mass is 10.1. The van der Waals surface area contributed by atoms with Crippen LogP contribution in [0.15, 0.2) is 35.0 Å². The molecule has 1 aliphatic carbocycles. The second-order valence-electron chi connectivity index (χ2n) is 5.34. The van der Waals surface area contributed by atoms with Crippen molar-refractivity contribution in [1.82, 2.24) is 0 Å². The molecule has 0 aliphatic heterocycles. The van der Waals surface area contributed by atoms with Crippen LogP contribution in [0.2, 0.25) is 0 Å². The Balaban J connectivity index is 1.99. The van der Waals surface area contributed by atoms with Crippen molar-refractivity contribution in [3.63, 3.8) is 0 Å². The van der Waals surface area contributed by atoms with Crippen molar-refractivity contribution in [2.45, 2.75) is 38.5 Å². The molecule has 2 aromatic rings. The highest BCUT2D eigenvalue weighted by Gasteiger charge is 2.32. The average Bonchev–Trinajstić information content (AvgIpc) is 3.13. The van der Waals surface area contributed by atoms with Gasteiger partial charge in [0.25, 0.3) is 0 Å². The predicted octanol–water partition coefficient (Wildman–Crippen LogP) is 4.11. The highest BCUT2D eigenvalue weighted by atomic mass is 32.1. The third-order valence-electron chi connectivity index (χ3n) is 3.68. The highest BCUT2D eigenvalue weighted by Crippen LogP contribution is 2.38. The van der Waals surface area contributed by atoms with E-state index in [1.54, 1.807) is 24.3 Å². The molecule has 4 heteroatoms. The van der Waals surface area contributed by atoms with Gasteiger partial charge in [-0.15, -0.1) is 0 Å². The van der Waals surface area contributed by atoms with Crippen molar-refractivity contribution < 1.29 is 9.50 Å². The molecule has 106 valence electrons. The maximum Gasteiger partial charge on any atom is 0.146 e. The van der Waals surface area contributed by atoms with E-state index in [1.807, 2.05) is 11.4 Å². The number of anilines is 1. The molecule has 1 fully saturated rings. The number of para-hydroxylation sites is 1. The molecular formula is C16H18FNOS. The number of halogens is 1. The van der Waals surface area contributed by atoms with Gasteiger partial charge in [0, 0.05) is 18.2 Å². The zero-order chi connectivity index (χ0) is 14.1. The normalized spacial score (nSPS) is 16.1. The molecule has 1 aromatic heterocycles. The molecule has 1 N–H and O–H groups in total. The van der Waals surface area contributed by atoms with E-state index in [0.717, 1.165) is 12.8 Å². The Bertz CT molecular complexity index is 578. The van der Waals surface area contributed by atoms with E-state index in [2.05, 4.69) is 16.3 Å². The van der Waals surface area contributed by atoms with Gasteiger partial charge >= 0.3 is 0 Å². The lowest BCUT2D eigenvalue weighted by molar-refractivity contribution is 0.199. The second kappa shape index (κ2) is 5.54. The summed E-state index contributed by atoms with van der Waals surface area (Å²) in [4.78, 5) is 2.11. The summed E-state index contributed by atoms with van der Waals surface area (Å²) in [5, 5.41) is 14.0. The minimum absolute atomic E-state index is 0.245. The van der Waals surface area contributed by atoms with Crippen LogP contribution in [0.4, 0.5) is 10.1 Å². The number of hydrogen-bond acceptors (Lipinski definition) is 3. The van der Waals surface area contributed by atoms with Gasteiger partial charge in [-0.05, 0) is 48.2 Å². The molecule has 0 saturated heterocycles. The number of aliphatic hydroxyl groups is 1. The number of rotatable bonds is 5. The first-order chi connectivity index (χ1) is 9.66. The Labute approximate surface area is 122 Å². The molecule has 20 heavy (non-hydrogen) atoms. The van der Waals surface area contributed by atoms with E-state index in [1.165, 1.54) is 11.6 Å². The minimum atomic E-state index is -0.663. The Hall–Kier alpha value is -1.39. The second-order valence-corrected chi connectivity index (χ2v) is 6.12. The fraction of sp³-hybridized carbons (Fsp3) is 0.375. The van der Waals surface area contributed by atoms with Crippen molar-refractivity contribution in [2.75, 3.05) is 4.90 Å². The number of thiophene rings is 1. The highest BCUT2D eigenvalue weighted by molar-refractivity contribution is 7.07. The Morgan fingerprint density at radius 3 is 2.80 bits per heavy atom. The van der Waals surface area contributed by atoms with Gasteiger partial charge in [0.2, 0.25) is 0 Å². The summed E-state index contributed by atoms with van der Waals surface area (Å²) in [6.07, 6.45) is 1.53. The van der Waals surface area contributed by atoms with Crippen LogP contribution in [0.5, 0.6) is 0 Å². The standard InChI is InChI=1S/C16H18FNOS/c1-11(19)14-3-2-4-15(17)16(14)18(13-5-6-13)9-12-7-8-20-10-12/h2-4,7-8,10-11,13,19H,5-6,9H2,1H3/t11-/m1/s1. The summed E-state index contributed by atoms with van der Waals surface area (Å²) in [5.74, 6) is -0.245. The van der Waals surface area contributed by atoms with Crippen LogP contribution in [0.1, 0.15) is 37.0 Å². The third kappa shape index (κ3) is 2.72. The molecule has 0 spiro atoms. The topological polar surface area (TPSA) is 23.5 Å². The van der Waals surface area contributed by atoms with Crippen molar-refractivity contribution in [3.05, 3.63) is 52.0 Å². The quantitative estimate of drug-likeness (QED) is 0.896. The summed E-state index contributed by atoms with van der Waals surface area (Å²) in [6, 6.07) is 7.42. The molecular weight excluding hydrogens is 273 g/mol. The molecule has 1 saturated carbocycles. The molecule has 0 amide bonds. The zero-order valence-electron chi connectivity index (χ0n) is 11.4. The summed E-state index contributed by atoms with van der Waals surface area (Å²) < 4.78 is 14.3. The van der Waals surface area contributed by atoms with Crippen LogP contribution in [-0.4, -0.2) is 11.1 Å². The molecule has 1 atom stereocenters. The van der Waals surface area contributed by atoms with Crippen molar-refractivity contribution in [3.8, 4) is 0 Å². The fourth-order valence-corrected chi connectivity index (χ4v) is 3.19. The first kappa shape index (κ1) is 13.6. The number of hydrogen-bond donors (Lipinski definition) is 1. The van der Waals surface area contributed by atoms with Crippen LogP contribution < -0.4 is 4.90 Å². The fourth-order valence-electron chi connectivity index (χ4n) is 2.53. The first-order valence-electron chi connectivity index (χ1n) is 6.91. The number of nitrogens with zero attached hydrogens (tertiary/aromatic N) is 1. The van der Waals surface area contributed by atoms with Gasteiger partial charge in [0.1, 0.15) is 5.82 Å². The van der Waals surface area contributed by atoms with Gasteiger partial charge in [-0.3, -0.25) is 0 Å². The summed E-state index contributed by atoms with van der Waals surface area (Å²) >= 11 is 1.65. The van der Waals surface area contributed by atoms with E-state index >= 15 is 0 Å². The molecule has 2 nitrogen and oxygen atoms in total. The van der Waals surface area contributed by atoms with Crippen LogP contribution >= 0.6 is 11.3 Å². The molecule has 0 bridgehead atoms. The van der Waals surface area contributed by atoms with Gasteiger partial charge in [-0.2, -0.15) is 11.3 Å².